The van der Waals surface area contributed by atoms with E-state index in [2.05, 4.69) is 24.3 Å². The van der Waals surface area contributed by atoms with Gasteiger partial charge >= 0.3 is 0 Å². The van der Waals surface area contributed by atoms with Crippen LogP contribution in [0, 0.1) is 0 Å². The van der Waals surface area contributed by atoms with Crippen LogP contribution in [0.15, 0.2) is 48.5 Å². The average Bonchev–Trinajstić information content (AvgIpc) is 2.39. The fraction of sp³-hybridized carbons (Fsp3) is 0.143. The molecule has 1 unspecified atom stereocenters. The normalized spacial score (nSPS) is 16.9. The van der Waals surface area contributed by atoms with Crippen LogP contribution in [-0.4, -0.2) is 6.61 Å². The summed E-state index contributed by atoms with van der Waals surface area (Å²) in [5, 5.41) is 1.17. The summed E-state index contributed by atoms with van der Waals surface area (Å²) < 4.78 is 11.7. The van der Waals surface area contributed by atoms with Crippen LogP contribution in [0.25, 0.3) is 11.1 Å². The van der Waals surface area contributed by atoms with E-state index in [1.54, 1.807) is 0 Å². The lowest BCUT2D eigenvalue weighted by Crippen LogP contribution is -2.15. The number of hydrogen-bond donors (Lipinski definition) is 0. The molecule has 1 aliphatic rings. The Bertz CT molecular complexity index is 539. The number of rotatable bonds is 2. The second kappa shape index (κ2) is 4.48. The van der Waals surface area contributed by atoms with Gasteiger partial charge in [-0.25, -0.2) is 0 Å². The quantitative estimate of drug-likeness (QED) is 0.749. The Morgan fingerprint density at radius 2 is 1.71 bits per heavy atom. The topological polar surface area (TPSA) is 18.5 Å². The van der Waals surface area contributed by atoms with Crippen LogP contribution in [0.5, 0.6) is 5.75 Å². The average molecular weight is 244 g/mol. The van der Waals surface area contributed by atoms with Gasteiger partial charge in [-0.05, 0) is 24.6 Å². The zero-order valence-electron chi connectivity index (χ0n) is 9.59. The molecule has 2 aromatic rings. The van der Waals surface area contributed by atoms with Crippen molar-refractivity contribution in [3.05, 3.63) is 48.5 Å². The third-order valence-corrected chi connectivity index (χ3v) is 4.34. The van der Waals surface area contributed by atoms with Crippen LogP contribution < -0.4 is 9.83 Å². The van der Waals surface area contributed by atoms with Gasteiger partial charge in [-0.1, -0.05) is 36.4 Å². The molecule has 2 aromatic carbocycles. The molecule has 3 rings (SSSR count). The SMILES string of the molecule is CCOP1Oc2ccccc2-c2ccccc21. The fourth-order valence-corrected chi connectivity index (χ4v) is 3.44. The molecule has 0 aliphatic carbocycles. The Morgan fingerprint density at radius 1 is 1.00 bits per heavy atom. The van der Waals surface area contributed by atoms with Crippen LogP contribution in [0.3, 0.4) is 0 Å². The summed E-state index contributed by atoms with van der Waals surface area (Å²) in [5.41, 5.74) is 2.38. The molecule has 1 heterocycles. The molecule has 0 fully saturated rings. The van der Waals surface area contributed by atoms with Crippen molar-refractivity contribution in [1.29, 1.82) is 0 Å². The molecule has 0 radical (unpaired) electrons. The summed E-state index contributed by atoms with van der Waals surface area (Å²) in [6.07, 6.45) is 0. The maximum atomic E-state index is 5.94. The first-order valence-corrected chi connectivity index (χ1v) is 6.87. The molecule has 0 amide bonds. The minimum Gasteiger partial charge on any atom is -0.443 e. The second-order valence-corrected chi connectivity index (χ2v) is 5.22. The third kappa shape index (κ3) is 1.84. The monoisotopic (exact) mass is 244 g/mol. The van der Waals surface area contributed by atoms with Gasteiger partial charge in [0, 0.05) is 5.56 Å². The Labute approximate surface area is 102 Å². The van der Waals surface area contributed by atoms with Gasteiger partial charge in [-0.2, -0.15) is 0 Å². The van der Waals surface area contributed by atoms with Gasteiger partial charge in [0.25, 0.3) is 8.38 Å². The first kappa shape index (κ1) is 10.8. The highest BCUT2D eigenvalue weighted by molar-refractivity contribution is 7.56. The lowest BCUT2D eigenvalue weighted by atomic mass is 10.0. The smallest absolute Gasteiger partial charge is 0.265 e. The predicted octanol–water partition coefficient (Wildman–Crippen LogP) is 3.72. The van der Waals surface area contributed by atoms with Crippen molar-refractivity contribution in [3.8, 4) is 16.9 Å². The fourth-order valence-electron chi connectivity index (χ4n) is 1.98. The van der Waals surface area contributed by atoms with E-state index < -0.39 is 8.38 Å². The van der Waals surface area contributed by atoms with Gasteiger partial charge in [0.15, 0.2) is 0 Å². The van der Waals surface area contributed by atoms with Crippen LogP contribution in [0.2, 0.25) is 0 Å². The molecule has 0 N–H and O–H groups in total. The van der Waals surface area contributed by atoms with E-state index in [4.69, 9.17) is 9.05 Å². The molecule has 3 heteroatoms. The van der Waals surface area contributed by atoms with Crippen LogP contribution in [-0.2, 0) is 4.52 Å². The molecular weight excluding hydrogens is 231 g/mol. The van der Waals surface area contributed by atoms with E-state index in [1.807, 2.05) is 31.2 Å². The molecule has 17 heavy (non-hydrogen) atoms. The van der Waals surface area contributed by atoms with E-state index >= 15 is 0 Å². The summed E-state index contributed by atoms with van der Waals surface area (Å²) >= 11 is 0. The van der Waals surface area contributed by atoms with Crippen molar-refractivity contribution in [2.24, 2.45) is 0 Å². The molecule has 0 saturated heterocycles. The first-order valence-electron chi connectivity index (χ1n) is 5.69. The van der Waals surface area contributed by atoms with Crippen molar-refractivity contribution in [1.82, 2.24) is 0 Å². The highest BCUT2D eigenvalue weighted by Crippen LogP contribution is 2.48. The zero-order chi connectivity index (χ0) is 11.7. The van der Waals surface area contributed by atoms with Gasteiger partial charge in [0.05, 0.1) is 11.9 Å². The largest absolute Gasteiger partial charge is 0.443 e. The Balaban J connectivity index is 2.15. The molecule has 0 bridgehead atoms. The van der Waals surface area contributed by atoms with Gasteiger partial charge in [-0.15, -0.1) is 0 Å². The predicted molar refractivity (Wildman–Crippen MR) is 70.7 cm³/mol. The molecule has 0 spiro atoms. The minimum atomic E-state index is -0.974. The van der Waals surface area contributed by atoms with Crippen molar-refractivity contribution >= 4 is 13.7 Å². The standard InChI is InChI=1S/C14H13O2P/c1-2-15-17-14-10-6-4-8-12(14)11-7-3-5-9-13(11)16-17/h3-10H,2H2,1H3. The number of benzene rings is 2. The van der Waals surface area contributed by atoms with Crippen molar-refractivity contribution < 1.29 is 9.05 Å². The maximum Gasteiger partial charge on any atom is 0.265 e. The summed E-state index contributed by atoms with van der Waals surface area (Å²) in [6.45, 7) is 2.66. The van der Waals surface area contributed by atoms with E-state index in [-0.39, 0.29) is 0 Å². The molecule has 1 aliphatic heterocycles. The summed E-state index contributed by atoms with van der Waals surface area (Å²) in [6, 6.07) is 16.4. The van der Waals surface area contributed by atoms with Crippen molar-refractivity contribution in [3.63, 3.8) is 0 Å². The molecular formula is C14H13O2P. The van der Waals surface area contributed by atoms with E-state index in [0.29, 0.717) is 6.61 Å². The molecule has 2 nitrogen and oxygen atoms in total. The lowest BCUT2D eigenvalue weighted by molar-refractivity contribution is 0.341. The molecule has 0 aromatic heterocycles. The van der Waals surface area contributed by atoms with Gasteiger partial charge < -0.3 is 9.05 Å². The Hall–Kier alpha value is -1.37. The summed E-state index contributed by atoms with van der Waals surface area (Å²) in [7, 11) is -0.974. The maximum absolute atomic E-state index is 5.94. The Morgan fingerprint density at radius 3 is 2.53 bits per heavy atom. The van der Waals surface area contributed by atoms with Crippen molar-refractivity contribution in [2.45, 2.75) is 6.92 Å². The molecule has 0 saturated carbocycles. The summed E-state index contributed by atoms with van der Waals surface area (Å²) in [4.78, 5) is 0. The van der Waals surface area contributed by atoms with Gasteiger partial charge in [0.1, 0.15) is 5.75 Å². The minimum absolute atomic E-state index is 0.669. The lowest BCUT2D eigenvalue weighted by Gasteiger charge is -2.26. The van der Waals surface area contributed by atoms with Crippen LogP contribution >= 0.6 is 8.38 Å². The highest BCUT2D eigenvalue weighted by atomic mass is 31.2. The molecule has 1 atom stereocenters. The van der Waals surface area contributed by atoms with Crippen LogP contribution in [0.4, 0.5) is 0 Å². The van der Waals surface area contributed by atoms with Gasteiger partial charge in [0.2, 0.25) is 0 Å². The Kier molecular flexibility index (Phi) is 2.84. The third-order valence-electron chi connectivity index (χ3n) is 2.71. The van der Waals surface area contributed by atoms with Gasteiger partial charge in [-0.3, -0.25) is 0 Å². The number of para-hydroxylation sites is 1. The van der Waals surface area contributed by atoms with E-state index in [1.165, 1.54) is 10.9 Å². The number of fused-ring (bicyclic) bond motifs is 3. The van der Waals surface area contributed by atoms with E-state index in [9.17, 15) is 0 Å². The first-order chi connectivity index (χ1) is 8.40. The van der Waals surface area contributed by atoms with Crippen LogP contribution in [0.1, 0.15) is 6.92 Å². The van der Waals surface area contributed by atoms with Crippen molar-refractivity contribution in [2.75, 3.05) is 6.61 Å². The second-order valence-electron chi connectivity index (χ2n) is 3.78. The number of hydrogen-bond acceptors (Lipinski definition) is 2. The molecule has 86 valence electrons. The summed E-state index contributed by atoms with van der Waals surface area (Å²) in [5.74, 6) is 0.922. The highest BCUT2D eigenvalue weighted by Gasteiger charge is 2.26. The van der Waals surface area contributed by atoms with E-state index in [0.717, 1.165) is 11.3 Å². The zero-order valence-corrected chi connectivity index (χ0v) is 10.5.